The van der Waals surface area contributed by atoms with Crippen molar-refractivity contribution >= 4 is 22.9 Å². The van der Waals surface area contributed by atoms with E-state index < -0.39 is 0 Å². The van der Waals surface area contributed by atoms with Crippen LogP contribution in [0.5, 0.6) is 5.75 Å². The van der Waals surface area contributed by atoms with Crippen molar-refractivity contribution in [2.75, 3.05) is 11.9 Å². The zero-order chi connectivity index (χ0) is 19.8. The Kier molecular flexibility index (Phi) is 7.03. The summed E-state index contributed by atoms with van der Waals surface area (Å²) < 4.78 is 18.8. The molecule has 3 aromatic rings. The molecular formula is C22H23FN2O2S. The third kappa shape index (κ3) is 6.09. The standard InChI is InChI=1S/C22H23FN2O2S/c1-16(22(26)24-11-10-21-9-4-12-28-21)25-19-7-2-5-17(13-19)15-27-20-8-3-6-18(23)14-20/h2-9,12-14,16,25H,10-11,15H2,1H3,(H,24,26). The third-order valence-electron chi connectivity index (χ3n) is 4.16. The monoisotopic (exact) mass is 398 g/mol. The molecule has 2 N–H and O–H groups in total. The van der Waals surface area contributed by atoms with Gasteiger partial charge in [0.15, 0.2) is 0 Å². The summed E-state index contributed by atoms with van der Waals surface area (Å²) in [6, 6.07) is 17.4. The van der Waals surface area contributed by atoms with E-state index in [1.165, 1.54) is 17.0 Å². The molecule has 0 radical (unpaired) electrons. The van der Waals surface area contributed by atoms with Gasteiger partial charge >= 0.3 is 0 Å². The van der Waals surface area contributed by atoms with Crippen molar-refractivity contribution in [3.8, 4) is 5.75 Å². The van der Waals surface area contributed by atoms with Gasteiger partial charge in [-0.15, -0.1) is 11.3 Å². The third-order valence-corrected chi connectivity index (χ3v) is 5.09. The van der Waals surface area contributed by atoms with Crippen molar-refractivity contribution in [3.05, 3.63) is 82.3 Å². The van der Waals surface area contributed by atoms with Gasteiger partial charge in [-0.1, -0.05) is 24.3 Å². The number of anilines is 1. The number of carbonyl (C=O) groups is 1. The molecule has 28 heavy (non-hydrogen) atoms. The lowest BCUT2D eigenvalue weighted by Crippen LogP contribution is -2.38. The maximum atomic E-state index is 13.2. The maximum absolute atomic E-state index is 13.2. The SMILES string of the molecule is CC(Nc1cccc(COc2cccc(F)c2)c1)C(=O)NCCc1cccs1. The molecule has 0 aliphatic rings. The van der Waals surface area contributed by atoms with Crippen LogP contribution in [0.1, 0.15) is 17.4 Å². The Bertz CT molecular complexity index is 899. The van der Waals surface area contributed by atoms with E-state index in [0.717, 1.165) is 17.7 Å². The van der Waals surface area contributed by atoms with Crippen molar-refractivity contribution in [1.82, 2.24) is 5.32 Å². The Morgan fingerprint density at radius 3 is 2.79 bits per heavy atom. The van der Waals surface area contributed by atoms with Crippen LogP contribution in [0.25, 0.3) is 0 Å². The number of carbonyl (C=O) groups excluding carboxylic acids is 1. The average molecular weight is 399 g/mol. The summed E-state index contributed by atoms with van der Waals surface area (Å²) in [7, 11) is 0. The molecule has 1 heterocycles. The molecule has 1 amide bonds. The zero-order valence-corrected chi connectivity index (χ0v) is 16.5. The van der Waals surface area contributed by atoms with Crippen LogP contribution in [-0.4, -0.2) is 18.5 Å². The van der Waals surface area contributed by atoms with Crippen LogP contribution in [0.4, 0.5) is 10.1 Å². The molecule has 6 heteroatoms. The van der Waals surface area contributed by atoms with Crippen LogP contribution in [0.15, 0.2) is 66.0 Å². The number of hydrogen-bond acceptors (Lipinski definition) is 4. The van der Waals surface area contributed by atoms with E-state index in [2.05, 4.69) is 16.7 Å². The lowest BCUT2D eigenvalue weighted by atomic mass is 10.2. The first kappa shape index (κ1) is 19.9. The molecule has 0 spiro atoms. The molecule has 1 atom stereocenters. The fourth-order valence-electron chi connectivity index (χ4n) is 2.71. The highest BCUT2D eigenvalue weighted by Crippen LogP contribution is 2.17. The van der Waals surface area contributed by atoms with E-state index in [1.807, 2.05) is 42.6 Å². The van der Waals surface area contributed by atoms with Gasteiger partial charge in [0.05, 0.1) is 0 Å². The van der Waals surface area contributed by atoms with Crippen LogP contribution in [0.3, 0.4) is 0 Å². The first-order valence-electron chi connectivity index (χ1n) is 9.14. The van der Waals surface area contributed by atoms with Gasteiger partial charge in [-0.2, -0.15) is 0 Å². The molecule has 146 valence electrons. The van der Waals surface area contributed by atoms with Gasteiger partial charge in [0, 0.05) is 23.2 Å². The van der Waals surface area contributed by atoms with Gasteiger partial charge in [0.2, 0.25) is 5.91 Å². The van der Waals surface area contributed by atoms with Crippen LogP contribution < -0.4 is 15.4 Å². The van der Waals surface area contributed by atoms with E-state index in [0.29, 0.717) is 18.9 Å². The number of amides is 1. The average Bonchev–Trinajstić information content (AvgIpc) is 3.20. The van der Waals surface area contributed by atoms with Crippen LogP contribution >= 0.6 is 11.3 Å². The van der Waals surface area contributed by atoms with E-state index >= 15 is 0 Å². The quantitative estimate of drug-likeness (QED) is 0.553. The summed E-state index contributed by atoms with van der Waals surface area (Å²) in [4.78, 5) is 13.5. The molecule has 0 saturated carbocycles. The molecule has 0 bridgehead atoms. The normalized spacial score (nSPS) is 11.6. The molecule has 0 saturated heterocycles. The second kappa shape index (κ2) is 9.90. The van der Waals surface area contributed by atoms with Gasteiger partial charge in [-0.05, 0) is 54.6 Å². The summed E-state index contributed by atoms with van der Waals surface area (Å²) in [5.41, 5.74) is 1.76. The molecule has 0 aliphatic carbocycles. The van der Waals surface area contributed by atoms with E-state index in [9.17, 15) is 9.18 Å². The maximum Gasteiger partial charge on any atom is 0.242 e. The second-order valence-electron chi connectivity index (χ2n) is 6.43. The highest BCUT2D eigenvalue weighted by atomic mass is 32.1. The van der Waals surface area contributed by atoms with Crippen molar-refractivity contribution in [3.63, 3.8) is 0 Å². The van der Waals surface area contributed by atoms with Gasteiger partial charge in [-0.25, -0.2) is 4.39 Å². The summed E-state index contributed by atoms with van der Waals surface area (Å²) in [5.74, 6) is 0.113. The van der Waals surface area contributed by atoms with Crippen LogP contribution in [0, 0.1) is 5.82 Å². The van der Waals surface area contributed by atoms with Crippen molar-refractivity contribution in [2.45, 2.75) is 26.0 Å². The summed E-state index contributed by atoms with van der Waals surface area (Å²) in [6.45, 7) is 2.77. The highest BCUT2D eigenvalue weighted by Gasteiger charge is 2.12. The minimum absolute atomic E-state index is 0.0435. The highest BCUT2D eigenvalue weighted by molar-refractivity contribution is 7.09. The van der Waals surface area contributed by atoms with Gasteiger partial charge < -0.3 is 15.4 Å². The summed E-state index contributed by atoms with van der Waals surface area (Å²) in [5, 5.41) is 8.19. The zero-order valence-electron chi connectivity index (χ0n) is 15.7. The Morgan fingerprint density at radius 1 is 1.14 bits per heavy atom. The molecule has 0 aliphatic heterocycles. The van der Waals surface area contributed by atoms with Crippen LogP contribution in [0.2, 0.25) is 0 Å². The Labute approximate surface area is 168 Å². The topological polar surface area (TPSA) is 50.4 Å². The predicted molar refractivity (Wildman–Crippen MR) is 111 cm³/mol. The van der Waals surface area contributed by atoms with E-state index in [-0.39, 0.29) is 17.8 Å². The largest absolute Gasteiger partial charge is 0.489 e. The first-order chi connectivity index (χ1) is 13.6. The number of ether oxygens (including phenoxy) is 1. The van der Waals surface area contributed by atoms with Crippen molar-refractivity contribution in [1.29, 1.82) is 0 Å². The Morgan fingerprint density at radius 2 is 2.00 bits per heavy atom. The Hall–Kier alpha value is -2.86. The molecule has 2 aromatic carbocycles. The number of thiophene rings is 1. The Balaban J connectivity index is 1.48. The van der Waals surface area contributed by atoms with Crippen molar-refractivity contribution in [2.24, 2.45) is 0 Å². The summed E-state index contributed by atoms with van der Waals surface area (Å²) in [6.07, 6.45) is 0.836. The molecular weight excluding hydrogens is 375 g/mol. The minimum Gasteiger partial charge on any atom is -0.489 e. The smallest absolute Gasteiger partial charge is 0.242 e. The number of nitrogens with one attached hydrogen (secondary N) is 2. The number of benzene rings is 2. The number of hydrogen-bond donors (Lipinski definition) is 2. The van der Waals surface area contributed by atoms with Crippen molar-refractivity contribution < 1.29 is 13.9 Å². The summed E-state index contributed by atoms with van der Waals surface area (Å²) >= 11 is 1.69. The van der Waals surface area contributed by atoms with Gasteiger partial charge in [-0.3, -0.25) is 4.79 Å². The molecule has 3 rings (SSSR count). The second-order valence-corrected chi connectivity index (χ2v) is 7.47. The lowest BCUT2D eigenvalue weighted by molar-refractivity contribution is -0.121. The number of rotatable bonds is 9. The first-order valence-corrected chi connectivity index (χ1v) is 10.0. The van der Waals surface area contributed by atoms with Gasteiger partial charge in [0.25, 0.3) is 0 Å². The molecule has 1 aromatic heterocycles. The van der Waals surface area contributed by atoms with Crippen LogP contribution in [-0.2, 0) is 17.8 Å². The van der Waals surface area contributed by atoms with E-state index in [4.69, 9.17) is 4.74 Å². The fourth-order valence-corrected chi connectivity index (χ4v) is 3.42. The fraction of sp³-hybridized carbons (Fsp3) is 0.227. The van der Waals surface area contributed by atoms with E-state index in [1.54, 1.807) is 23.5 Å². The predicted octanol–water partition coefficient (Wildman–Crippen LogP) is 4.63. The molecule has 4 nitrogen and oxygen atoms in total. The number of halogens is 1. The molecule has 1 unspecified atom stereocenters. The minimum atomic E-state index is -0.359. The van der Waals surface area contributed by atoms with Gasteiger partial charge in [0.1, 0.15) is 24.2 Å². The lowest BCUT2D eigenvalue weighted by Gasteiger charge is -2.16. The molecule has 0 fully saturated rings.